The van der Waals surface area contributed by atoms with Crippen LogP contribution in [0.1, 0.15) is 37.7 Å². The molecule has 3 rings (SSSR count). The van der Waals surface area contributed by atoms with Crippen LogP contribution in [0.25, 0.3) is 22.2 Å². The molecule has 1 aromatic carbocycles. The molecule has 31 heavy (non-hydrogen) atoms. The third kappa shape index (κ3) is 5.13. The topological polar surface area (TPSA) is 70.4 Å². The number of ether oxygens (including phenoxy) is 2. The highest BCUT2D eigenvalue weighted by Crippen LogP contribution is 2.34. The van der Waals surface area contributed by atoms with E-state index in [4.69, 9.17) is 9.47 Å². The number of hydrogen-bond donors (Lipinski definition) is 0. The second kappa shape index (κ2) is 10.8. The fourth-order valence-electron chi connectivity index (χ4n) is 4.22. The minimum atomic E-state index is -0.828. The van der Waals surface area contributed by atoms with E-state index < -0.39 is 17.9 Å². The Morgan fingerprint density at radius 1 is 0.968 bits per heavy atom. The highest BCUT2D eigenvalue weighted by atomic mass is 16.5. The zero-order valence-electron chi connectivity index (χ0n) is 18.5. The van der Waals surface area contributed by atoms with Crippen molar-refractivity contribution in [2.75, 3.05) is 14.2 Å². The number of benzene rings is 1. The van der Waals surface area contributed by atoms with E-state index in [1.165, 1.54) is 36.4 Å². The monoisotopic (exact) mass is 422 g/mol. The van der Waals surface area contributed by atoms with E-state index in [0.29, 0.717) is 6.42 Å². The van der Waals surface area contributed by atoms with E-state index in [9.17, 15) is 9.59 Å². The molecule has 0 atom stereocenters. The summed E-state index contributed by atoms with van der Waals surface area (Å²) in [7, 11) is 4.69. The van der Waals surface area contributed by atoms with E-state index in [1.54, 1.807) is 6.20 Å². The van der Waals surface area contributed by atoms with Gasteiger partial charge in [0.15, 0.2) is 5.92 Å². The van der Waals surface area contributed by atoms with Crippen molar-refractivity contribution in [2.24, 2.45) is 13.0 Å². The Morgan fingerprint density at radius 3 is 2.35 bits per heavy atom. The summed E-state index contributed by atoms with van der Waals surface area (Å²) in [5.41, 5.74) is 4.89. The minimum absolute atomic E-state index is 0.453. The van der Waals surface area contributed by atoms with Gasteiger partial charge in [0.25, 0.3) is 0 Å². The maximum Gasteiger partial charge on any atom is 0.320 e. The number of esters is 2. The molecule has 0 saturated carbocycles. The number of hydrogen-bond acceptors (Lipinski definition) is 5. The Labute approximate surface area is 183 Å². The molecule has 0 aliphatic heterocycles. The Bertz CT molecular complexity index is 1010. The smallest absolute Gasteiger partial charge is 0.320 e. The van der Waals surface area contributed by atoms with Crippen LogP contribution in [0.5, 0.6) is 0 Å². The minimum Gasteiger partial charge on any atom is -0.468 e. The lowest BCUT2D eigenvalue weighted by Crippen LogP contribution is -2.26. The lowest BCUT2D eigenvalue weighted by Gasteiger charge is -2.12. The number of fused-ring (bicyclic) bond motifs is 1. The molecule has 0 fully saturated rings. The lowest BCUT2D eigenvalue weighted by molar-refractivity contribution is -0.159. The molecule has 0 saturated heterocycles. The van der Waals surface area contributed by atoms with Gasteiger partial charge in [-0.2, -0.15) is 0 Å². The Morgan fingerprint density at radius 2 is 1.68 bits per heavy atom. The van der Waals surface area contributed by atoms with Gasteiger partial charge in [-0.25, -0.2) is 0 Å². The van der Waals surface area contributed by atoms with Crippen molar-refractivity contribution < 1.29 is 19.1 Å². The number of nitrogens with zero attached hydrogens (tertiary/aromatic N) is 2. The summed E-state index contributed by atoms with van der Waals surface area (Å²) in [4.78, 5) is 27.9. The largest absolute Gasteiger partial charge is 0.468 e. The molecule has 2 aromatic heterocycles. The van der Waals surface area contributed by atoms with Crippen LogP contribution in [0.15, 0.2) is 48.8 Å². The van der Waals surface area contributed by atoms with Crippen LogP contribution in [0, 0.1) is 5.92 Å². The van der Waals surface area contributed by atoms with Crippen LogP contribution in [-0.2, 0) is 32.5 Å². The second-order valence-corrected chi connectivity index (χ2v) is 7.70. The Hall–Kier alpha value is -3.15. The van der Waals surface area contributed by atoms with Gasteiger partial charge in [0.2, 0.25) is 0 Å². The van der Waals surface area contributed by atoms with Crippen LogP contribution in [0.4, 0.5) is 0 Å². The van der Waals surface area contributed by atoms with Crippen LogP contribution < -0.4 is 0 Å². The summed E-state index contributed by atoms with van der Waals surface area (Å²) < 4.78 is 11.7. The maximum absolute atomic E-state index is 11.8. The van der Waals surface area contributed by atoms with Crippen molar-refractivity contribution >= 4 is 22.8 Å². The van der Waals surface area contributed by atoms with E-state index in [2.05, 4.69) is 46.9 Å². The first-order valence-electron chi connectivity index (χ1n) is 10.7. The Kier molecular flexibility index (Phi) is 7.82. The molecule has 3 aromatic rings. The summed E-state index contributed by atoms with van der Waals surface area (Å²) >= 11 is 0. The molecule has 0 radical (unpaired) electrons. The van der Waals surface area contributed by atoms with Crippen molar-refractivity contribution in [1.82, 2.24) is 9.55 Å². The van der Waals surface area contributed by atoms with Gasteiger partial charge in [0, 0.05) is 35.9 Å². The van der Waals surface area contributed by atoms with E-state index in [1.807, 2.05) is 12.3 Å². The summed E-state index contributed by atoms with van der Waals surface area (Å²) in [5.74, 6) is -1.88. The molecule has 0 bridgehead atoms. The van der Waals surface area contributed by atoms with Crippen molar-refractivity contribution in [1.29, 1.82) is 0 Å². The number of aromatic nitrogens is 2. The number of para-hydroxylation sites is 1. The summed E-state index contributed by atoms with van der Waals surface area (Å²) in [6.45, 7) is 0. The normalized spacial score (nSPS) is 11.1. The lowest BCUT2D eigenvalue weighted by atomic mass is 9.98. The first kappa shape index (κ1) is 22.5. The highest BCUT2D eigenvalue weighted by Gasteiger charge is 2.27. The summed E-state index contributed by atoms with van der Waals surface area (Å²) in [6.07, 6.45) is 8.89. The van der Waals surface area contributed by atoms with Gasteiger partial charge < -0.3 is 14.0 Å². The first-order chi connectivity index (χ1) is 15.1. The van der Waals surface area contributed by atoms with Crippen molar-refractivity contribution in [3.63, 3.8) is 0 Å². The number of carbonyl (C=O) groups excluding carboxylic acids is 2. The van der Waals surface area contributed by atoms with Crippen molar-refractivity contribution in [3.05, 3.63) is 54.4 Å². The molecule has 6 heteroatoms. The van der Waals surface area contributed by atoms with E-state index in [-0.39, 0.29) is 0 Å². The fourth-order valence-corrected chi connectivity index (χ4v) is 4.22. The predicted molar refractivity (Wildman–Crippen MR) is 120 cm³/mol. The van der Waals surface area contributed by atoms with Crippen LogP contribution in [-0.4, -0.2) is 35.7 Å². The number of methoxy groups -OCH3 is 2. The number of carbonyl (C=O) groups is 2. The third-order valence-electron chi connectivity index (χ3n) is 5.79. The standard InChI is InChI=1S/C25H30N2O4/c1-27-22-15-9-8-12-19(22)20(23(27)18-11-10-16-26-17-18)13-6-4-5-7-14-21(24(28)30-2)25(29)31-3/h8-12,15-17,21H,4-7,13-14H2,1-3H3. The van der Waals surface area contributed by atoms with E-state index in [0.717, 1.165) is 37.7 Å². The second-order valence-electron chi connectivity index (χ2n) is 7.70. The molecule has 0 aliphatic carbocycles. The number of rotatable bonds is 10. The van der Waals surface area contributed by atoms with Gasteiger partial charge in [0.1, 0.15) is 0 Å². The molecule has 0 aliphatic rings. The van der Waals surface area contributed by atoms with Gasteiger partial charge in [0.05, 0.1) is 19.9 Å². The molecule has 6 nitrogen and oxygen atoms in total. The number of pyridine rings is 1. The van der Waals surface area contributed by atoms with Crippen molar-refractivity contribution in [2.45, 2.75) is 38.5 Å². The van der Waals surface area contributed by atoms with Gasteiger partial charge in [-0.05, 0) is 43.0 Å². The number of unbranched alkanes of at least 4 members (excludes halogenated alkanes) is 3. The maximum atomic E-state index is 11.8. The molecule has 0 N–H and O–H groups in total. The molecule has 164 valence electrons. The molecule has 0 unspecified atom stereocenters. The quantitative estimate of drug-likeness (QED) is 0.269. The van der Waals surface area contributed by atoms with Gasteiger partial charge in [-0.15, -0.1) is 0 Å². The zero-order valence-corrected chi connectivity index (χ0v) is 18.5. The summed E-state index contributed by atoms with van der Waals surface area (Å²) in [6, 6.07) is 12.6. The molecule has 2 heterocycles. The molecular weight excluding hydrogens is 392 g/mol. The predicted octanol–water partition coefficient (Wildman–Crippen LogP) is 4.70. The van der Waals surface area contributed by atoms with Crippen LogP contribution in [0.3, 0.4) is 0 Å². The zero-order chi connectivity index (χ0) is 22.2. The first-order valence-corrected chi connectivity index (χ1v) is 10.7. The van der Waals surface area contributed by atoms with Crippen LogP contribution in [0.2, 0.25) is 0 Å². The van der Waals surface area contributed by atoms with Gasteiger partial charge >= 0.3 is 11.9 Å². The number of aryl methyl sites for hydroxylation is 2. The highest BCUT2D eigenvalue weighted by molar-refractivity contribution is 5.94. The van der Waals surface area contributed by atoms with Gasteiger partial charge in [-0.1, -0.05) is 37.5 Å². The molecular formula is C25H30N2O4. The third-order valence-corrected chi connectivity index (χ3v) is 5.79. The fraction of sp³-hybridized carbons (Fsp3) is 0.400. The average molecular weight is 423 g/mol. The van der Waals surface area contributed by atoms with Gasteiger partial charge in [-0.3, -0.25) is 14.6 Å². The Balaban J connectivity index is 1.64. The SMILES string of the molecule is COC(=O)C(CCCCCCc1c(-c2cccnc2)n(C)c2ccccc12)C(=O)OC. The molecule has 0 spiro atoms. The van der Waals surface area contributed by atoms with Crippen LogP contribution >= 0.6 is 0 Å². The molecule has 0 amide bonds. The summed E-state index contributed by atoms with van der Waals surface area (Å²) in [5, 5.41) is 1.28. The van der Waals surface area contributed by atoms with E-state index >= 15 is 0 Å². The van der Waals surface area contributed by atoms with Crippen molar-refractivity contribution in [3.8, 4) is 11.3 Å². The average Bonchev–Trinajstić information content (AvgIpc) is 3.10.